The molecular formula is C14H18N2. The number of pyridine rings is 1. The summed E-state index contributed by atoms with van der Waals surface area (Å²) in [5.41, 5.74) is 4.05. The quantitative estimate of drug-likeness (QED) is 0.777. The number of fused-ring (bicyclic) bond motifs is 1. The first-order valence-electron chi connectivity index (χ1n) is 6.19. The fraction of sp³-hybridized carbons (Fsp3) is 0.500. The highest BCUT2D eigenvalue weighted by Crippen LogP contribution is 2.36. The van der Waals surface area contributed by atoms with Gasteiger partial charge in [-0.25, -0.2) is 0 Å². The molecule has 2 heterocycles. The minimum atomic E-state index is 0.615. The second-order valence-electron chi connectivity index (χ2n) is 5.03. The highest BCUT2D eigenvalue weighted by atomic mass is 14.9. The molecule has 0 unspecified atom stereocenters. The van der Waals surface area contributed by atoms with Crippen molar-refractivity contribution < 1.29 is 0 Å². The molecule has 0 spiro atoms. The molecule has 2 heteroatoms. The van der Waals surface area contributed by atoms with Crippen molar-refractivity contribution in [3.8, 4) is 0 Å². The van der Waals surface area contributed by atoms with Gasteiger partial charge in [-0.05, 0) is 61.4 Å². The van der Waals surface area contributed by atoms with Crippen LogP contribution in [0.2, 0.25) is 0 Å². The zero-order valence-electron chi connectivity index (χ0n) is 9.74. The highest BCUT2D eigenvalue weighted by molar-refractivity contribution is 5.68. The molecule has 2 aliphatic rings. The van der Waals surface area contributed by atoms with Crippen LogP contribution in [0.4, 0.5) is 0 Å². The third-order valence-electron chi connectivity index (χ3n) is 3.75. The summed E-state index contributed by atoms with van der Waals surface area (Å²) in [6, 6.07) is 2.86. The van der Waals surface area contributed by atoms with Crippen molar-refractivity contribution in [1.82, 2.24) is 10.3 Å². The molecule has 0 bridgehead atoms. The van der Waals surface area contributed by atoms with Crippen LogP contribution in [0.5, 0.6) is 0 Å². The highest BCUT2D eigenvalue weighted by Gasteiger charge is 2.29. The second-order valence-corrected chi connectivity index (χ2v) is 5.03. The fourth-order valence-electron chi connectivity index (χ4n) is 2.92. The van der Waals surface area contributed by atoms with Gasteiger partial charge < -0.3 is 5.32 Å². The molecule has 1 aromatic rings. The molecule has 1 aliphatic carbocycles. The molecule has 0 radical (unpaired) electrons. The number of nitrogens with zero attached hydrogens (tertiary/aromatic N) is 1. The molecule has 1 saturated heterocycles. The van der Waals surface area contributed by atoms with Crippen LogP contribution in [0, 0.1) is 12.8 Å². The minimum absolute atomic E-state index is 0.615. The lowest BCUT2D eigenvalue weighted by molar-refractivity contribution is 0.341. The summed E-state index contributed by atoms with van der Waals surface area (Å²) in [6.07, 6.45) is 10.3. The summed E-state index contributed by atoms with van der Waals surface area (Å²) < 4.78 is 0. The molecule has 0 aromatic carbocycles. The van der Waals surface area contributed by atoms with E-state index in [4.69, 9.17) is 0 Å². The van der Waals surface area contributed by atoms with Gasteiger partial charge in [-0.15, -0.1) is 0 Å². The Morgan fingerprint density at radius 3 is 3.12 bits per heavy atom. The summed E-state index contributed by atoms with van der Waals surface area (Å²) in [6.45, 7) is 3.29. The van der Waals surface area contributed by atoms with Gasteiger partial charge in [0, 0.05) is 18.4 Å². The Morgan fingerprint density at radius 2 is 2.31 bits per heavy atom. The Morgan fingerprint density at radius 1 is 1.38 bits per heavy atom. The number of allylic oxidation sites excluding steroid dienone is 1. The molecule has 1 N–H and O–H groups in total. The Bertz CT molecular complexity index is 422. The molecule has 0 amide bonds. The number of hydrogen-bond acceptors (Lipinski definition) is 2. The first-order chi connectivity index (χ1) is 7.83. The molecule has 1 aliphatic heterocycles. The molecule has 2 nitrogen and oxygen atoms in total. The van der Waals surface area contributed by atoms with Gasteiger partial charge in [0.05, 0.1) is 0 Å². The van der Waals surface area contributed by atoms with Crippen molar-refractivity contribution in [2.24, 2.45) is 5.92 Å². The molecule has 1 fully saturated rings. The van der Waals surface area contributed by atoms with Crippen molar-refractivity contribution >= 4 is 5.57 Å². The van der Waals surface area contributed by atoms with Crippen LogP contribution in [0.1, 0.15) is 30.4 Å². The summed E-state index contributed by atoms with van der Waals surface area (Å²) in [7, 11) is 0. The van der Waals surface area contributed by atoms with Gasteiger partial charge in [0.15, 0.2) is 0 Å². The molecule has 1 aromatic heterocycles. The van der Waals surface area contributed by atoms with Crippen LogP contribution < -0.4 is 5.32 Å². The van der Waals surface area contributed by atoms with Gasteiger partial charge in [-0.3, -0.25) is 4.98 Å². The van der Waals surface area contributed by atoms with Crippen molar-refractivity contribution in [1.29, 1.82) is 0 Å². The Balaban J connectivity index is 1.86. The van der Waals surface area contributed by atoms with Crippen LogP contribution in [0.15, 0.2) is 24.5 Å². The van der Waals surface area contributed by atoms with Gasteiger partial charge >= 0.3 is 0 Å². The van der Waals surface area contributed by atoms with E-state index < -0.39 is 0 Å². The smallest absolute Gasteiger partial charge is 0.0343 e. The van der Waals surface area contributed by atoms with E-state index in [1.165, 1.54) is 42.5 Å². The fourth-order valence-corrected chi connectivity index (χ4v) is 2.92. The third kappa shape index (κ3) is 1.78. The van der Waals surface area contributed by atoms with Gasteiger partial charge in [-0.1, -0.05) is 6.08 Å². The Hall–Kier alpha value is -1.15. The molecule has 0 saturated carbocycles. The number of aryl methyl sites for hydroxylation is 1. The van der Waals surface area contributed by atoms with Crippen molar-refractivity contribution in [3.05, 3.63) is 35.7 Å². The van der Waals surface area contributed by atoms with E-state index in [-0.39, 0.29) is 0 Å². The molecular weight excluding hydrogens is 196 g/mol. The van der Waals surface area contributed by atoms with E-state index in [1.54, 1.807) is 0 Å². The number of piperidine rings is 1. The van der Waals surface area contributed by atoms with E-state index in [2.05, 4.69) is 29.4 Å². The largest absolute Gasteiger partial charge is 0.310 e. The maximum absolute atomic E-state index is 4.28. The van der Waals surface area contributed by atoms with E-state index >= 15 is 0 Å². The average Bonchev–Trinajstić information content (AvgIpc) is 2.72. The van der Waals surface area contributed by atoms with Crippen molar-refractivity contribution in [3.63, 3.8) is 0 Å². The summed E-state index contributed by atoms with van der Waals surface area (Å²) >= 11 is 0. The normalized spacial score (nSPS) is 28.7. The lowest BCUT2D eigenvalue weighted by Gasteiger charge is -2.25. The van der Waals surface area contributed by atoms with Crippen LogP contribution in [-0.4, -0.2) is 17.6 Å². The standard InChI is InChI=1S/C14H18N2/c1-10-5-13(9-15-8-10)12-6-11-3-2-4-16-14(11)7-12/h5,7-9,11,14,16H,2-4,6H2,1H3/t11-,14+/m1/s1. The summed E-state index contributed by atoms with van der Waals surface area (Å²) in [4.78, 5) is 4.28. The molecule has 3 rings (SSSR count). The Kier molecular flexibility index (Phi) is 2.52. The van der Waals surface area contributed by atoms with Gasteiger partial charge in [0.25, 0.3) is 0 Å². The maximum atomic E-state index is 4.28. The number of nitrogens with one attached hydrogen (secondary N) is 1. The molecule has 16 heavy (non-hydrogen) atoms. The van der Waals surface area contributed by atoms with E-state index in [1.807, 2.05) is 12.4 Å². The lowest BCUT2D eigenvalue weighted by atomic mass is 9.92. The molecule has 2 atom stereocenters. The van der Waals surface area contributed by atoms with E-state index in [0.29, 0.717) is 6.04 Å². The van der Waals surface area contributed by atoms with Crippen LogP contribution in [0.3, 0.4) is 0 Å². The van der Waals surface area contributed by atoms with Crippen LogP contribution in [0.25, 0.3) is 5.57 Å². The van der Waals surface area contributed by atoms with E-state index in [0.717, 1.165) is 5.92 Å². The lowest BCUT2D eigenvalue weighted by Crippen LogP contribution is -2.37. The van der Waals surface area contributed by atoms with Crippen LogP contribution >= 0.6 is 0 Å². The minimum Gasteiger partial charge on any atom is -0.310 e. The van der Waals surface area contributed by atoms with Crippen molar-refractivity contribution in [2.75, 3.05) is 6.54 Å². The number of aromatic nitrogens is 1. The number of hydrogen-bond donors (Lipinski definition) is 1. The first-order valence-corrected chi connectivity index (χ1v) is 6.19. The average molecular weight is 214 g/mol. The number of rotatable bonds is 1. The summed E-state index contributed by atoms with van der Waals surface area (Å²) in [5.74, 6) is 0.823. The zero-order valence-corrected chi connectivity index (χ0v) is 9.74. The Labute approximate surface area is 96.8 Å². The van der Waals surface area contributed by atoms with Crippen LogP contribution in [-0.2, 0) is 0 Å². The first kappa shape index (κ1) is 10.0. The predicted molar refractivity (Wildman–Crippen MR) is 66.1 cm³/mol. The predicted octanol–water partition coefficient (Wildman–Crippen LogP) is 2.55. The third-order valence-corrected chi connectivity index (χ3v) is 3.75. The van der Waals surface area contributed by atoms with Crippen molar-refractivity contribution in [2.45, 2.75) is 32.2 Å². The second kappa shape index (κ2) is 4.02. The van der Waals surface area contributed by atoms with Gasteiger partial charge in [0.2, 0.25) is 0 Å². The van der Waals surface area contributed by atoms with Gasteiger partial charge in [0.1, 0.15) is 0 Å². The monoisotopic (exact) mass is 214 g/mol. The topological polar surface area (TPSA) is 24.9 Å². The molecule has 84 valence electrons. The SMILES string of the molecule is Cc1cncc(C2=C[C@@H]3NCCC[C@@H]3C2)c1. The zero-order chi connectivity index (χ0) is 11.0. The maximum Gasteiger partial charge on any atom is 0.0343 e. The summed E-state index contributed by atoms with van der Waals surface area (Å²) in [5, 5.41) is 3.60. The van der Waals surface area contributed by atoms with E-state index in [9.17, 15) is 0 Å². The van der Waals surface area contributed by atoms with Gasteiger partial charge in [-0.2, -0.15) is 0 Å².